The van der Waals surface area contributed by atoms with E-state index in [1.54, 1.807) is 12.1 Å². The highest BCUT2D eigenvalue weighted by atomic mass is 35.5. The Balaban J connectivity index is 1.89. The van der Waals surface area contributed by atoms with Crippen LogP contribution in [0.25, 0.3) is 0 Å². The third kappa shape index (κ3) is 4.60. The lowest BCUT2D eigenvalue weighted by molar-refractivity contribution is -0.127. The molecule has 160 valence electrons. The molecule has 7 heteroatoms. The van der Waals surface area contributed by atoms with E-state index in [-0.39, 0.29) is 23.3 Å². The number of amides is 2. The van der Waals surface area contributed by atoms with Crippen molar-refractivity contribution >= 4 is 33.3 Å². The maximum atomic E-state index is 13.2. The van der Waals surface area contributed by atoms with E-state index in [0.29, 0.717) is 23.4 Å². The minimum Gasteiger partial charge on any atom is -0.277 e. The van der Waals surface area contributed by atoms with Crippen LogP contribution in [0.2, 0.25) is 5.02 Å². The Kier molecular flexibility index (Phi) is 6.39. The van der Waals surface area contributed by atoms with Crippen LogP contribution in [0.1, 0.15) is 56.0 Å². The number of halogens is 1. The van der Waals surface area contributed by atoms with Crippen LogP contribution >= 0.6 is 11.6 Å². The zero-order chi connectivity index (χ0) is 22.1. The Morgan fingerprint density at radius 1 is 1.00 bits per heavy atom. The molecule has 0 bridgehead atoms. The van der Waals surface area contributed by atoms with Crippen LogP contribution in [0.4, 0.5) is 0 Å². The van der Waals surface area contributed by atoms with Crippen LogP contribution in [-0.2, 0) is 20.0 Å². The van der Waals surface area contributed by atoms with E-state index in [0.717, 1.165) is 10.5 Å². The van der Waals surface area contributed by atoms with Crippen molar-refractivity contribution in [3.8, 4) is 0 Å². The zero-order valence-electron chi connectivity index (χ0n) is 17.4. The van der Waals surface area contributed by atoms with Gasteiger partial charge in [0.15, 0.2) is 9.84 Å². The summed E-state index contributed by atoms with van der Waals surface area (Å²) in [5, 5.41) is -0.865. The molecule has 3 rings (SSSR count). The molecule has 1 aliphatic rings. The molecule has 1 atom stereocenters. The molecule has 5 nitrogen and oxygen atoms in total. The van der Waals surface area contributed by atoms with E-state index >= 15 is 0 Å². The van der Waals surface area contributed by atoms with Gasteiger partial charge in [-0.1, -0.05) is 44.5 Å². The molecule has 1 heterocycles. The number of hydrogen-bond donors (Lipinski definition) is 0. The minimum atomic E-state index is -3.93. The maximum Gasteiger partial charge on any atom is 0.260 e. The van der Waals surface area contributed by atoms with Gasteiger partial charge in [-0.2, -0.15) is 0 Å². The van der Waals surface area contributed by atoms with Gasteiger partial charge in [0.2, 0.25) is 5.91 Å². The van der Waals surface area contributed by atoms with E-state index in [1.807, 2.05) is 12.1 Å². The second-order valence-electron chi connectivity index (χ2n) is 8.61. The van der Waals surface area contributed by atoms with Gasteiger partial charge in [-0.15, -0.1) is 0 Å². The van der Waals surface area contributed by atoms with Crippen molar-refractivity contribution in [2.24, 2.45) is 0 Å². The average molecular weight is 448 g/mol. The summed E-state index contributed by atoms with van der Waals surface area (Å²) < 4.78 is 26.2. The molecule has 0 saturated carbocycles. The van der Waals surface area contributed by atoms with Gasteiger partial charge in [0, 0.05) is 17.1 Å². The third-order valence-corrected chi connectivity index (χ3v) is 7.77. The summed E-state index contributed by atoms with van der Waals surface area (Å²) in [6, 6.07) is 12.9. The van der Waals surface area contributed by atoms with E-state index in [1.165, 1.54) is 24.3 Å². The highest BCUT2D eigenvalue weighted by Crippen LogP contribution is 2.27. The molecule has 2 aromatic carbocycles. The van der Waals surface area contributed by atoms with Crippen molar-refractivity contribution in [3.05, 3.63) is 64.7 Å². The molecule has 1 fully saturated rings. The first kappa shape index (κ1) is 22.5. The summed E-state index contributed by atoms with van der Waals surface area (Å²) in [4.78, 5) is 27.4. The monoisotopic (exact) mass is 447 g/mol. The maximum absolute atomic E-state index is 13.2. The first-order chi connectivity index (χ1) is 14.0. The molecule has 0 unspecified atom stereocenters. The minimum absolute atomic E-state index is 0.0362. The summed E-state index contributed by atoms with van der Waals surface area (Å²) in [6.45, 7) is 6.45. The molecule has 0 N–H and O–H groups in total. The molecule has 0 aromatic heterocycles. The fourth-order valence-electron chi connectivity index (χ4n) is 3.55. The number of carbonyl (C=O) groups excluding carboxylic acids is 2. The van der Waals surface area contributed by atoms with Crippen LogP contribution in [0.15, 0.2) is 53.4 Å². The van der Waals surface area contributed by atoms with Crippen molar-refractivity contribution in [1.82, 2.24) is 4.90 Å². The Morgan fingerprint density at radius 3 is 2.17 bits per heavy atom. The number of carbonyl (C=O) groups is 2. The predicted octanol–water partition coefficient (Wildman–Crippen LogP) is 4.63. The zero-order valence-corrected chi connectivity index (χ0v) is 19.0. The van der Waals surface area contributed by atoms with Crippen molar-refractivity contribution in [1.29, 1.82) is 0 Å². The Labute approximate surface area is 183 Å². The molecule has 2 amide bonds. The number of rotatable bonds is 3. The van der Waals surface area contributed by atoms with Crippen molar-refractivity contribution < 1.29 is 18.0 Å². The number of nitrogens with zero attached hydrogens (tertiary/aromatic N) is 1. The van der Waals surface area contributed by atoms with Crippen LogP contribution in [0.3, 0.4) is 0 Å². The SMILES string of the molecule is CC(C)(C)c1ccc(C(=O)N2CCCC[C@H](S(=O)(=O)c3ccc(Cl)cc3)C2=O)cc1. The molecule has 0 spiro atoms. The van der Waals surface area contributed by atoms with Crippen molar-refractivity contribution in [2.75, 3.05) is 6.54 Å². The highest BCUT2D eigenvalue weighted by Gasteiger charge is 2.40. The van der Waals surface area contributed by atoms with Gasteiger partial charge in [0.05, 0.1) is 4.90 Å². The average Bonchev–Trinajstić information content (AvgIpc) is 2.89. The van der Waals surface area contributed by atoms with Crippen LogP contribution in [-0.4, -0.2) is 36.9 Å². The molecule has 0 radical (unpaired) electrons. The molecule has 2 aromatic rings. The Bertz CT molecular complexity index is 1040. The van der Waals surface area contributed by atoms with Gasteiger partial charge in [0.25, 0.3) is 5.91 Å². The molecular weight excluding hydrogens is 422 g/mol. The number of sulfone groups is 1. The van der Waals surface area contributed by atoms with Crippen LogP contribution in [0.5, 0.6) is 0 Å². The second kappa shape index (κ2) is 8.52. The third-order valence-electron chi connectivity index (χ3n) is 5.40. The number of imide groups is 1. The van der Waals surface area contributed by atoms with Gasteiger partial charge in [-0.3, -0.25) is 14.5 Å². The number of benzene rings is 2. The molecule has 30 heavy (non-hydrogen) atoms. The highest BCUT2D eigenvalue weighted by molar-refractivity contribution is 7.92. The first-order valence-electron chi connectivity index (χ1n) is 9.97. The van der Waals surface area contributed by atoms with E-state index in [9.17, 15) is 18.0 Å². The van der Waals surface area contributed by atoms with E-state index in [2.05, 4.69) is 20.8 Å². The lowest BCUT2D eigenvalue weighted by atomic mass is 9.86. The molecule has 0 aliphatic carbocycles. The predicted molar refractivity (Wildman–Crippen MR) is 117 cm³/mol. The van der Waals surface area contributed by atoms with Crippen LogP contribution in [0, 0.1) is 0 Å². The van der Waals surface area contributed by atoms with Gasteiger partial charge in [-0.05, 0) is 66.6 Å². The number of likely N-dealkylation sites (tertiary alicyclic amines) is 1. The lowest BCUT2D eigenvalue weighted by Gasteiger charge is -2.24. The van der Waals surface area contributed by atoms with Gasteiger partial charge < -0.3 is 0 Å². The second-order valence-corrected chi connectivity index (χ2v) is 11.2. The smallest absolute Gasteiger partial charge is 0.260 e. The summed E-state index contributed by atoms with van der Waals surface area (Å²) >= 11 is 5.86. The van der Waals surface area contributed by atoms with E-state index < -0.39 is 26.9 Å². The van der Waals surface area contributed by atoms with Gasteiger partial charge in [0.1, 0.15) is 5.25 Å². The lowest BCUT2D eigenvalue weighted by Crippen LogP contribution is -2.45. The fourth-order valence-corrected chi connectivity index (χ4v) is 5.39. The quantitative estimate of drug-likeness (QED) is 0.643. The van der Waals surface area contributed by atoms with Crippen molar-refractivity contribution in [2.45, 2.75) is 55.6 Å². The number of hydrogen-bond acceptors (Lipinski definition) is 4. The standard InChI is InChI=1S/C23H26ClNO4S/c1-23(2,3)17-9-7-16(8-10-17)21(26)25-15-5-4-6-20(22(25)27)30(28,29)19-13-11-18(24)12-14-19/h7-14,20H,4-6,15H2,1-3H3/t20-/m0/s1. The summed E-state index contributed by atoms with van der Waals surface area (Å²) in [6.07, 6.45) is 1.32. The normalized spacial score (nSPS) is 18.2. The Hall–Kier alpha value is -2.18. The summed E-state index contributed by atoms with van der Waals surface area (Å²) in [7, 11) is -3.93. The topological polar surface area (TPSA) is 71.5 Å². The first-order valence-corrected chi connectivity index (χ1v) is 11.9. The molecule has 1 aliphatic heterocycles. The summed E-state index contributed by atoms with van der Waals surface area (Å²) in [5.41, 5.74) is 1.39. The summed E-state index contributed by atoms with van der Waals surface area (Å²) in [5.74, 6) is -1.12. The fraction of sp³-hybridized carbons (Fsp3) is 0.391. The van der Waals surface area contributed by atoms with Gasteiger partial charge >= 0.3 is 0 Å². The Morgan fingerprint density at radius 2 is 1.60 bits per heavy atom. The van der Waals surface area contributed by atoms with E-state index in [4.69, 9.17) is 11.6 Å². The largest absolute Gasteiger partial charge is 0.277 e. The molecule has 1 saturated heterocycles. The van der Waals surface area contributed by atoms with Crippen LogP contribution < -0.4 is 0 Å². The molecular formula is C23H26ClNO4S. The van der Waals surface area contributed by atoms with Gasteiger partial charge in [-0.25, -0.2) is 8.42 Å². The van der Waals surface area contributed by atoms with Crippen molar-refractivity contribution in [3.63, 3.8) is 0 Å².